The molecule has 1 aliphatic heterocycles. The Balaban J connectivity index is 1.87. The quantitative estimate of drug-likeness (QED) is 0.770. The van der Waals surface area contributed by atoms with Gasteiger partial charge in [0.25, 0.3) is 5.91 Å². The number of anilines is 1. The molecule has 0 atom stereocenters. The van der Waals surface area contributed by atoms with Crippen molar-refractivity contribution in [1.82, 2.24) is 4.98 Å². The minimum atomic E-state index is 0.0205. The van der Waals surface area contributed by atoms with E-state index in [4.69, 9.17) is 9.47 Å². The fourth-order valence-electron chi connectivity index (χ4n) is 2.67. The number of carbonyl (C=O) groups excluding carboxylic acids is 1. The molecule has 0 bridgehead atoms. The van der Waals surface area contributed by atoms with Crippen molar-refractivity contribution in [2.24, 2.45) is 0 Å². The molecule has 0 radical (unpaired) electrons. The Labute approximate surface area is 146 Å². The third-order valence-corrected chi connectivity index (χ3v) is 4.91. The molecule has 2 heterocycles. The summed E-state index contributed by atoms with van der Waals surface area (Å²) in [6.45, 7) is 3.64. The number of rotatable bonds is 7. The number of aromatic nitrogens is 1. The van der Waals surface area contributed by atoms with E-state index in [1.54, 1.807) is 18.4 Å². The van der Waals surface area contributed by atoms with Gasteiger partial charge in [-0.25, -0.2) is 4.98 Å². The summed E-state index contributed by atoms with van der Waals surface area (Å²) in [5.41, 5.74) is 2.79. The van der Waals surface area contributed by atoms with Crippen molar-refractivity contribution in [3.05, 3.63) is 28.6 Å². The molecule has 1 amide bonds. The van der Waals surface area contributed by atoms with Gasteiger partial charge < -0.3 is 14.4 Å². The van der Waals surface area contributed by atoms with Crippen LogP contribution in [0.4, 0.5) is 5.69 Å². The number of amides is 1. The molecule has 0 saturated carbocycles. The van der Waals surface area contributed by atoms with Gasteiger partial charge in [-0.15, -0.1) is 11.3 Å². The van der Waals surface area contributed by atoms with Gasteiger partial charge in [0.05, 0.1) is 23.0 Å². The number of carbonyl (C=O) groups is 1. The highest BCUT2D eigenvalue weighted by Crippen LogP contribution is 2.36. The van der Waals surface area contributed by atoms with Gasteiger partial charge in [0.2, 0.25) is 0 Å². The molecule has 0 N–H and O–H groups in total. The van der Waals surface area contributed by atoms with Crippen LogP contribution in [0.2, 0.25) is 0 Å². The van der Waals surface area contributed by atoms with Gasteiger partial charge in [-0.1, -0.05) is 13.3 Å². The average Bonchev–Trinajstić information content (AvgIpc) is 3.07. The van der Waals surface area contributed by atoms with Gasteiger partial charge >= 0.3 is 0 Å². The second-order valence-corrected chi connectivity index (χ2v) is 6.68. The van der Waals surface area contributed by atoms with Crippen LogP contribution in [0.1, 0.15) is 24.8 Å². The third-order valence-electron chi connectivity index (χ3n) is 4.00. The molecule has 0 unspecified atom stereocenters. The molecule has 6 heteroatoms. The zero-order chi connectivity index (χ0) is 16.9. The van der Waals surface area contributed by atoms with Crippen LogP contribution in [-0.4, -0.2) is 37.8 Å². The van der Waals surface area contributed by atoms with Crippen molar-refractivity contribution >= 4 is 22.9 Å². The van der Waals surface area contributed by atoms with Crippen molar-refractivity contribution < 1.29 is 14.3 Å². The van der Waals surface area contributed by atoms with E-state index >= 15 is 0 Å². The fourth-order valence-corrected chi connectivity index (χ4v) is 3.46. The first kappa shape index (κ1) is 16.9. The number of thiazole rings is 1. The summed E-state index contributed by atoms with van der Waals surface area (Å²) in [4.78, 5) is 18.7. The number of hydrogen-bond acceptors (Lipinski definition) is 5. The van der Waals surface area contributed by atoms with Gasteiger partial charge in [0, 0.05) is 31.0 Å². The lowest BCUT2D eigenvalue weighted by Gasteiger charge is -2.29. The Morgan fingerprint density at radius 1 is 1.42 bits per heavy atom. The fraction of sp³-hybridized carbons (Fsp3) is 0.444. The van der Waals surface area contributed by atoms with Crippen molar-refractivity contribution in [2.45, 2.75) is 26.2 Å². The lowest BCUT2D eigenvalue weighted by atomic mass is 10.1. The minimum absolute atomic E-state index is 0.0205. The molecule has 24 heavy (non-hydrogen) atoms. The predicted octanol–water partition coefficient (Wildman–Crippen LogP) is 3.52. The van der Waals surface area contributed by atoms with E-state index < -0.39 is 0 Å². The van der Waals surface area contributed by atoms with Crippen molar-refractivity contribution in [2.75, 3.05) is 31.8 Å². The van der Waals surface area contributed by atoms with E-state index in [0.29, 0.717) is 6.61 Å². The molecule has 0 saturated heterocycles. The summed E-state index contributed by atoms with van der Waals surface area (Å²) in [5, 5.41) is 3.11. The van der Waals surface area contributed by atoms with Gasteiger partial charge in [0.1, 0.15) is 5.75 Å². The van der Waals surface area contributed by atoms with E-state index in [2.05, 4.69) is 17.3 Å². The second-order valence-electron chi connectivity index (χ2n) is 5.74. The predicted molar refractivity (Wildman–Crippen MR) is 95.9 cm³/mol. The Bertz CT molecular complexity index is 714. The van der Waals surface area contributed by atoms with Crippen LogP contribution in [-0.2, 0) is 16.0 Å². The maximum absolute atomic E-state index is 12.2. The zero-order valence-electron chi connectivity index (χ0n) is 14.1. The van der Waals surface area contributed by atoms with Gasteiger partial charge in [-0.2, -0.15) is 0 Å². The third kappa shape index (κ3) is 3.60. The minimum Gasteiger partial charge on any atom is -0.482 e. The molecule has 1 aromatic heterocycles. The SMILES string of the molecule is CCCCN1C(=O)COc2ccc(-c3csc(CCOC)n3)cc21. The first-order valence-corrected chi connectivity index (χ1v) is 9.11. The highest BCUT2D eigenvalue weighted by molar-refractivity contribution is 7.09. The number of nitrogens with zero attached hydrogens (tertiary/aromatic N) is 2. The summed E-state index contributed by atoms with van der Waals surface area (Å²) < 4.78 is 10.7. The molecule has 1 aliphatic rings. The zero-order valence-corrected chi connectivity index (χ0v) is 14.9. The standard InChI is InChI=1S/C18H22N2O3S/c1-3-4-8-20-15-10-13(5-6-16(15)23-11-18(20)21)14-12-24-17(19-14)7-9-22-2/h5-6,10,12H,3-4,7-9,11H2,1-2H3. The summed E-state index contributed by atoms with van der Waals surface area (Å²) in [6.07, 6.45) is 2.85. The van der Waals surface area contributed by atoms with Gasteiger partial charge in [-0.05, 0) is 24.6 Å². The van der Waals surface area contributed by atoms with Crippen LogP contribution in [0.5, 0.6) is 5.75 Å². The molecule has 1 aromatic carbocycles. The molecular formula is C18H22N2O3S. The van der Waals surface area contributed by atoms with Crippen LogP contribution in [0.25, 0.3) is 11.3 Å². The first-order chi connectivity index (χ1) is 11.7. The number of unbranched alkanes of at least 4 members (excludes halogenated alkanes) is 1. The Hall–Kier alpha value is -1.92. The molecule has 0 spiro atoms. The molecule has 128 valence electrons. The Morgan fingerprint density at radius 2 is 2.29 bits per heavy atom. The highest BCUT2D eigenvalue weighted by Gasteiger charge is 2.25. The number of benzene rings is 1. The maximum Gasteiger partial charge on any atom is 0.265 e. The van der Waals surface area contributed by atoms with Crippen LogP contribution in [0.3, 0.4) is 0 Å². The maximum atomic E-state index is 12.2. The monoisotopic (exact) mass is 346 g/mol. The molecule has 0 fully saturated rings. The lowest BCUT2D eigenvalue weighted by molar-refractivity contribution is -0.121. The van der Waals surface area contributed by atoms with Crippen LogP contribution >= 0.6 is 11.3 Å². The van der Waals surface area contributed by atoms with Crippen molar-refractivity contribution in [3.8, 4) is 17.0 Å². The molecule has 2 aromatic rings. The normalized spacial score (nSPS) is 13.8. The Morgan fingerprint density at radius 3 is 3.08 bits per heavy atom. The van der Waals surface area contributed by atoms with E-state index in [9.17, 15) is 4.79 Å². The molecule has 0 aliphatic carbocycles. The highest BCUT2D eigenvalue weighted by atomic mass is 32.1. The average molecular weight is 346 g/mol. The number of hydrogen-bond donors (Lipinski definition) is 0. The Kier molecular flexibility index (Phi) is 5.48. The van der Waals surface area contributed by atoms with E-state index in [1.165, 1.54) is 0 Å². The van der Waals surface area contributed by atoms with Crippen LogP contribution in [0, 0.1) is 0 Å². The summed E-state index contributed by atoms with van der Waals surface area (Å²) in [7, 11) is 1.69. The molecular weight excluding hydrogens is 324 g/mol. The molecule has 5 nitrogen and oxygen atoms in total. The van der Waals surface area contributed by atoms with E-state index in [-0.39, 0.29) is 12.5 Å². The van der Waals surface area contributed by atoms with Crippen LogP contribution < -0.4 is 9.64 Å². The van der Waals surface area contributed by atoms with Crippen molar-refractivity contribution in [3.63, 3.8) is 0 Å². The summed E-state index contributed by atoms with van der Waals surface area (Å²) in [5.74, 6) is 0.788. The van der Waals surface area contributed by atoms with Crippen LogP contribution in [0.15, 0.2) is 23.6 Å². The number of ether oxygens (including phenoxy) is 2. The summed E-state index contributed by atoms with van der Waals surface area (Å²) in [6, 6.07) is 5.95. The smallest absolute Gasteiger partial charge is 0.265 e. The topological polar surface area (TPSA) is 51.7 Å². The van der Waals surface area contributed by atoms with E-state index in [0.717, 1.165) is 53.5 Å². The number of fused-ring (bicyclic) bond motifs is 1. The number of methoxy groups -OCH3 is 1. The van der Waals surface area contributed by atoms with Crippen molar-refractivity contribution in [1.29, 1.82) is 0 Å². The summed E-state index contributed by atoms with van der Waals surface area (Å²) >= 11 is 1.63. The van der Waals surface area contributed by atoms with Gasteiger partial charge in [0.15, 0.2) is 6.61 Å². The lowest BCUT2D eigenvalue weighted by Crippen LogP contribution is -2.39. The van der Waals surface area contributed by atoms with E-state index in [1.807, 2.05) is 23.1 Å². The largest absolute Gasteiger partial charge is 0.482 e. The second kappa shape index (κ2) is 7.77. The first-order valence-electron chi connectivity index (χ1n) is 8.24. The van der Waals surface area contributed by atoms with Gasteiger partial charge in [-0.3, -0.25) is 4.79 Å². The molecule has 3 rings (SSSR count).